The Hall–Kier alpha value is -1.70. The first-order valence-electron chi connectivity index (χ1n) is 6.75. The van der Waals surface area contributed by atoms with Gasteiger partial charge in [-0.15, -0.1) is 35.4 Å². The van der Waals surface area contributed by atoms with Crippen molar-refractivity contribution in [2.24, 2.45) is 0 Å². The van der Waals surface area contributed by atoms with Crippen LogP contribution in [0.2, 0.25) is 0 Å². The van der Waals surface area contributed by atoms with Gasteiger partial charge < -0.3 is 4.57 Å². The molecule has 3 heteroatoms. The third-order valence-electron chi connectivity index (χ3n) is 3.53. The fourth-order valence-corrected chi connectivity index (χ4v) is 2.51. The molecule has 1 aromatic heterocycles. The van der Waals surface area contributed by atoms with E-state index in [9.17, 15) is 0 Å². The zero-order chi connectivity index (χ0) is 14.1. The van der Waals surface area contributed by atoms with Gasteiger partial charge in [-0.3, -0.25) is 4.98 Å². The van der Waals surface area contributed by atoms with Crippen LogP contribution in [0.4, 0.5) is 0 Å². The fraction of sp³-hybridized carbons (Fsp3) is 0.167. The van der Waals surface area contributed by atoms with Gasteiger partial charge in [0.1, 0.15) is 0 Å². The van der Waals surface area contributed by atoms with E-state index in [-0.39, 0.29) is 20.1 Å². The molecule has 3 rings (SSSR count). The van der Waals surface area contributed by atoms with Crippen LogP contribution in [-0.2, 0) is 20.1 Å². The number of para-hydroxylation sites is 1. The molecular formula is C18H17IrN2-. The summed E-state index contributed by atoms with van der Waals surface area (Å²) in [7, 11) is 0. The largest absolute Gasteiger partial charge is 0.340 e. The van der Waals surface area contributed by atoms with Gasteiger partial charge in [-0.25, -0.2) is 0 Å². The fourth-order valence-electron chi connectivity index (χ4n) is 2.51. The van der Waals surface area contributed by atoms with Crippen LogP contribution in [0, 0.1) is 26.8 Å². The minimum atomic E-state index is 0. The van der Waals surface area contributed by atoms with E-state index in [0.29, 0.717) is 0 Å². The molecule has 2 nitrogen and oxygen atoms in total. The summed E-state index contributed by atoms with van der Waals surface area (Å²) in [5, 5.41) is 0. The van der Waals surface area contributed by atoms with Crippen LogP contribution in [0.3, 0.4) is 0 Å². The molecule has 0 bridgehead atoms. The van der Waals surface area contributed by atoms with E-state index in [2.05, 4.69) is 66.7 Å². The van der Waals surface area contributed by atoms with Crippen LogP contribution in [0.5, 0.6) is 0 Å². The molecule has 1 heterocycles. The molecule has 0 spiro atoms. The molecule has 0 fully saturated rings. The second kappa shape index (κ2) is 6.38. The monoisotopic (exact) mass is 454 g/mol. The minimum Gasteiger partial charge on any atom is -0.340 e. The van der Waals surface area contributed by atoms with Crippen LogP contribution >= 0.6 is 0 Å². The van der Waals surface area contributed by atoms with Crippen molar-refractivity contribution in [1.29, 1.82) is 0 Å². The number of hydrogen-bond acceptors (Lipinski definition) is 1. The summed E-state index contributed by atoms with van der Waals surface area (Å²) in [5.74, 6) is 0.933. The van der Waals surface area contributed by atoms with Crippen LogP contribution in [0.1, 0.15) is 16.7 Å². The average molecular weight is 454 g/mol. The maximum Gasteiger partial charge on any atom is 0.0602 e. The van der Waals surface area contributed by atoms with E-state index in [4.69, 9.17) is 0 Å². The molecule has 0 saturated carbocycles. The number of nitrogens with zero attached hydrogens (tertiary/aromatic N) is 2. The van der Waals surface area contributed by atoms with Gasteiger partial charge >= 0.3 is 0 Å². The zero-order valence-corrected chi connectivity index (χ0v) is 14.7. The van der Waals surface area contributed by atoms with Gasteiger partial charge in [0, 0.05) is 38.2 Å². The van der Waals surface area contributed by atoms with Crippen LogP contribution in [0.15, 0.2) is 48.8 Å². The second-order valence-corrected chi connectivity index (χ2v) is 5.14. The summed E-state index contributed by atoms with van der Waals surface area (Å²) < 4.78 is 2.14. The van der Waals surface area contributed by atoms with Crippen molar-refractivity contribution in [2.45, 2.75) is 20.8 Å². The van der Waals surface area contributed by atoms with Crippen molar-refractivity contribution >= 4 is 0 Å². The third-order valence-corrected chi connectivity index (χ3v) is 3.53. The Balaban J connectivity index is 0.00000161. The number of hydrogen-bond donors (Lipinski definition) is 0. The van der Waals surface area contributed by atoms with Gasteiger partial charge in [0.05, 0.1) is 5.82 Å². The molecule has 21 heavy (non-hydrogen) atoms. The predicted molar refractivity (Wildman–Crippen MR) is 82.0 cm³/mol. The van der Waals surface area contributed by atoms with Gasteiger partial charge in [0.2, 0.25) is 0 Å². The van der Waals surface area contributed by atoms with Gasteiger partial charge in [-0.1, -0.05) is 25.1 Å². The Morgan fingerprint density at radius 1 is 1.00 bits per heavy atom. The molecular weight excluding hydrogens is 436 g/mol. The molecule has 2 aromatic carbocycles. The van der Waals surface area contributed by atoms with Gasteiger partial charge in [-0.05, 0) is 25.0 Å². The summed E-state index contributed by atoms with van der Waals surface area (Å²) in [6, 6.07) is 15.8. The zero-order valence-electron chi connectivity index (χ0n) is 12.3. The maximum atomic E-state index is 4.51. The normalized spacial score (nSPS) is 10.2. The molecule has 3 aromatic rings. The smallest absolute Gasteiger partial charge is 0.0602 e. The summed E-state index contributed by atoms with van der Waals surface area (Å²) in [6.07, 6.45) is 3.85. The number of benzene rings is 2. The molecule has 109 valence electrons. The Bertz CT molecular complexity index is 722. The number of imidazole rings is 1. The molecule has 0 atom stereocenters. The second-order valence-electron chi connectivity index (χ2n) is 5.14. The SMILES string of the molecule is Cc1c[c-]c(-c2nccn2-c2c(C)cccc2C)cc1.[Ir]. The van der Waals surface area contributed by atoms with Crippen molar-refractivity contribution in [3.8, 4) is 17.1 Å². The topological polar surface area (TPSA) is 17.8 Å². The van der Waals surface area contributed by atoms with Gasteiger partial charge in [0.25, 0.3) is 0 Å². The first kappa shape index (κ1) is 15.7. The maximum absolute atomic E-state index is 4.51. The first-order valence-corrected chi connectivity index (χ1v) is 6.75. The van der Waals surface area contributed by atoms with Crippen molar-refractivity contribution in [1.82, 2.24) is 9.55 Å². The quantitative estimate of drug-likeness (QED) is 0.530. The molecule has 0 N–H and O–H groups in total. The first-order chi connectivity index (χ1) is 9.66. The average Bonchev–Trinajstić information content (AvgIpc) is 2.88. The van der Waals surface area contributed by atoms with Crippen molar-refractivity contribution in [3.05, 3.63) is 71.5 Å². The Morgan fingerprint density at radius 3 is 2.33 bits per heavy atom. The number of rotatable bonds is 2. The summed E-state index contributed by atoms with van der Waals surface area (Å²) in [6.45, 7) is 6.33. The van der Waals surface area contributed by atoms with Crippen molar-refractivity contribution < 1.29 is 20.1 Å². The van der Waals surface area contributed by atoms with E-state index in [0.717, 1.165) is 11.4 Å². The Kier molecular flexibility index (Phi) is 4.76. The molecule has 0 saturated heterocycles. The third kappa shape index (κ3) is 2.99. The number of aromatic nitrogens is 2. The molecule has 0 aliphatic heterocycles. The van der Waals surface area contributed by atoms with Crippen molar-refractivity contribution in [3.63, 3.8) is 0 Å². The summed E-state index contributed by atoms with van der Waals surface area (Å²) in [5.41, 5.74) is 5.92. The Labute approximate surface area is 139 Å². The Morgan fingerprint density at radius 2 is 1.71 bits per heavy atom. The van der Waals surface area contributed by atoms with E-state index >= 15 is 0 Å². The predicted octanol–water partition coefficient (Wildman–Crippen LogP) is 4.26. The van der Waals surface area contributed by atoms with Crippen LogP contribution in [0.25, 0.3) is 17.1 Å². The van der Waals surface area contributed by atoms with E-state index < -0.39 is 0 Å². The summed E-state index contributed by atoms with van der Waals surface area (Å²) in [4.78, 5) is 4.51. The molecule has 0 unspecified atom stereocenters. The molecule has 0 aliphatic carbocycles. The molecule has 0 aliphatic rings. The van der Waals surface area contributed by atoms with Crippen LogP contribution < -0.4 is 0 Å². The van der Waals surface area contributed by atoms with Gasteiger partial charge in [-0.2, -0.15) is 0 Å². The van der Waals surface area contributed by atoms with E-state index in [1.54, 1.807) is 0 Å². The van der Waals surface area contributed by atoms with E-state index in [1.807, 2.05) is 18.5 Å². The molecule has 0 amide bonds. The number of aryl methyl sites for hydroxylation is 3. The van der Waals surface area contributed by atoms with Gasteiger partial charge in [0.15, 0.2) is 0 Å². The summed E-state index contributed by atoms with van der Waals surface area (Å²) >= 11 is 0. The van der Waals surface area contributed by atoms with Crippen LogP contribution in [-0.4, -0.2) is 9.55 Å². The standard InChI is InChI=1S/C18H17N2.Ir/c1-13-7-9-16(10-8-13)18-19-11-12-20(18)17-14(2)5-4-6-15(17)3;/h4-9,11-12H,1-3H3;/q-1;. The molecule has 1 radical (unpaired) electrons. The van der Waals surface area contributed by atoms with Crippen molar-refractivity contribution in [2.75, 3.05) is 0 Å². The van der Waals surface area contributed by atoms with E-state index in [1.165, 1.54) is 22.4 Å². The minimum absolute atomic E-state index is 0.